The molecule has 28 heavy (non-hydrogen) atoms. The highest BCUT2D eigenvalue weighted by atomic mass is 32.1. The monoisotopic (exact) mass is 404 g/mol. The van der Waals surface area contributed by atoms with Gasteiger partial charge in [-0.3, -0.25) is 4.79 Å². The van der Waals surface area contributed by atoms with Crippen molar-refractivity contribution < 1.29 is 4.74 Å². The summed E-state index contributed by atoms with van der Waals surface area (Å²) in [4.78, 5) is 19.8. The van der Waals surface area contributed by atoms with Crippen molar-refractivity contribution in [1.82, 2.24) is 20.1 Å². The van der Waals surface area contributed by atoms with Crippen LogP contribution in [0.2, 0.25) is 0 Å². The number of nitrogens with one attached hydrogen (secondary N) is 2. The Kier molecular flexibility index (Phi) is 8.26. The highest BCUT2D eigenvalue weighted by Gasteiger charge is 2.15. The summed E-state index contributed by atoms with van der Waals surface area (Å²) < 4.78 is 5.59. The second-order valence-electron chi connectivity index (χ2n) is 7.29. The van der Waals surface area contributed by atoms with Crippen molar-refractivity contribution in [3.8, 4) is 5.75 Å². The smallest absolute Gasteiger partial charge is 0.253 e. The van der Waals surface area contributed by atoms with Crippen molar-refractivity contribution in [3.63, 3.8) is 0 Å². The zero-order valence-corrected chi connectivity index (χ0v) is 18.4. The number of rotatable bonds is 9. The van der Waals surface area contributed by atoms with Crippen LogP contribution in [0.25, 0.3) is 10.9 Å². The zero-order chi connectivity index (χ0) is 20.7. The Labute approximate surface area is 172 Å². The lowest BCUT2D eigenvalue weighted by molar-refractivity contribution is 0.319. The van der Waals surface area contributed by atoms with Crippen LogP contribution in [0.5, 0.6) is 5.75 Å². The normalized spacial score (nSPS) is 12.2. The average molecular weight is 405 g/mol. The van der Waals surface area contributed by atoms with E-state index in [-0.39, 0.29) is 11.6 Å². The molecule has 0 aliphatic carbocycles. The van der Waals surface area contributed by atoms with E-state index in [9.17, 15) is 4.79 Å². The molecule has 1 aromatic heterocycles. The van der Waals surface area contributed by atoms with Crippen LogP contribution in [0.3, 0.4) is 0 Å². The van der Waals surface area contributed by atoms with Crippen molar-refractivity contribution in [2.45, 2.75) is 39.8 Å². The van der Waals surface area contributed by atoms with Crippen molar-refractivity contribution >= 4 is 28.2 Å². The van der Waals surface area contributed by atoms with Crippen molar-refractivity contribution in [1.29, 1.82) is 0 Å². The molecular weight excluding hydrogens is 372 g/mol. The van der Waals surface area contributed by atoms with Gasteiger partial charge in [-0.15, -0.1) is 0 Å². The third-order valence-electron chi connectivity index (χ3n) is 4.65. The lowest BCUT2D eigenvalue weighted by atomic mass is 10.1. The fourth-order valence-electron chi connectivity index (χ4n) is 2.79. The first kappa shape index (κ1) is 22.2. The molecule has 0 aliphatic heterocycles. The molecule has 1 heterocycles. The lowest BCUT2D eigenvalue weighted by Crippen LogP contribution is -2.46. The average Bonchev–Trinajstić information content (AvgIpc) is 2.65. The second-order valence-corrected chi connectivity index (χ2v) is 7.68. The molecule has 0 saturated heterocycles. The summed E-state index contributed by atoms with van der Waals surface area (Å²) in [6, 6.07) is 7.93. The number of ether oxygens (including phenoxy) is 1. The van der Waals surface area contributed by atoms with Crippen LogP contribution < -0.4 is 15.6 Å². The molecule has 0 amide bonds. The van der Waals surface area contributed by atoms with Crippen LogP contribution >= 0.6 is 12.2 Å². The van der Waals surface area contributed by atoms with Crippen molar-refractivity contribution in [2.75, 3.05) is 33.8 Å². The molecule has 154 valence electrons. The van der Waals surface area contributed by atoms with Crippen LogP contribution in [0, 0.1) is 0 Å². The predicted molar refractivity (Wildman–Crippen MR) is 120 cm³/mol. The van der Waals surface area contributed by atoms with Gasteiger partial charge in [-0.05, 0) is 70.8 Å². The van der Waals surface area contributed by atoms with Gasteiger partial charge in [0, 0.05) is 35.6 Å². The maximum absolute atomic E-state index is 12.6. The number of fused-ring (bicyclic) bond motifs is 1. The number of likely N-dealkylation sites (N-methyl/N-ethyl adjacent to an activating group) is 1. The third kappa shape index (κ3) is 6.21. The number of nitrogens with zero attached hydrogens (tertiary/aromatic N) is 2. The van der Waals surface area contributed by atoms with Crippen LogP contribution in [0.15, 0.2) is 29.1 Å². The maximum Gasteiger partial charge on any atom is 0.253 e. The Balaban J connectivity index is 2.29. The van der Waals surface area contributed by atoms with Gasteiger partial charge in [0.1, 0.15) is 5.75 Å². The largest absolute Gasteiger partial charge is 0.494 e. The van der Waals surface area contributed by atoms with Crippen molar-refractivity contribution in [3.05, 3.63) is 40.2 Å². The summed E-state index contributed by atoms with van der Waals surface area (Å²) in [5.74, 6) is 0.798. The van der Waals surface area contributed by atoms with Gasteiger partial charge in [-0.2, -0.15) is 0 Å². The number of hydrogen-bond donors (Lipinski definition) is 2. The molecule has 0 bridgehead atoms. The molecule has 7 heteroatoms. The SMILES string of the molecule is CCOc1ccc2[nH]c(=O)c(CN(CCN(C)C)C(=S)N[C@@H](C)CC)cc2c1. The summed E-state index contributed by atoms with van der Waals surface area (Å²) >= 11 is 5.63. The Morgan fingerprint density at radius 3 is 2.64 bits per heavy atom. The number of aromatic amines is 1. The van der Waals surface area contributed by atoms with Crippen LogP contribution in [-0.2, 0) is 6.54 Å². The molecule has 0 spiro atoms. The van der Waals surface area contributed by atoms with Gasteiger partial charge in [-0.1, -0.05) is 6.92 Å². The van der Waals surface area contributed by atoms with Gasteiger partial charge >= 0.3 is 0 Å². The van der Waals surface area contributed by atoms with E-state index in [1.54, 1.807) is 0 Å². The van der Waals surface area contributed by atoms with Crippen LogP contribution in [0.1, 0.15) is 32.8 Å². The molecule has 0 radical (unpaired) electrons. The molecule has 0 unspecified atom stereocenters. The summed E-state index contributed by atoms with van der Waals surface area (Å²) in [7, 11) is 4.06. The number of hydrogen-bond acceptors (Lipinski definition) is 4. The zero-order valence-electron chi connectivity index (χ0n) is 17.5. The molecule has 0 saturated carbocycles. The van der Waals surface area contributed by atoms with E-state index in [2.05, 4.69) is 33.9 Å². The van der Waals surface area contributed by atoms with Crippen LogP contribution in [0.4, 0.5) is 0 Å². The van der Waals surface area contributed by atoms with E-state index < -0.39 is 0 Å². The van der Waals surface area contributed by atoms with Gasteiger partial charge < -0.3 is 24.8 Å². The first-order valence-corrected chi connectivity index (χ1v) is 10.2. The van der Waals surface area contributed by atoms with E-state index in [1.807, 2.05) is 45.3 Å². The topological polar surface area (TPSA) is 60.6 Å². The fourth-order valence-corrected chi connectivity index (χ4v) is 3.14. The molecule has 1 aromatic carbocycles. The molecule has 2 aromatic rings. The number of benzene rings is 1. The number of pyridine rings is 1. The molecule has 0 fully saturated rings. The molecule has 0 aliphatic rings. The van der Waals surface area contributed by atoms with E-state index in [4.69, 9.17) is 17.0 Å². The number of thiocarbonyl (C=S) groups is 1. The number of H-pyrrole nitrogens is 1. The third-order valence-corrected chi connectivity index (χ3v) is 5.03. The summed E-state index contributed by atoms with van der Waals surface area (Å²) in [6.45, 7) is 8.84. The first-order valence-electron chi connectivity index (χ1n) is 9.83. The predicted octanol–water partition coefficient (Wildman–Crippen LogP) is 2.96. The van der Waals surface area contributed by atoms with Gasteiger partial charge in [0.25, 0.3) is 5.56 Å². The van der Waals surface area contributed by atoms with Gasteiger partial charge in [-0.25, -0.2) is 0 Å². The lowest BCUT2D eigenvalue weighted by Gasteiger charge is -2.29. The maximum atomic E-state index is 12.6. The summed E-state index contributed by atoms with van der Waals surface area (Å²) in [5, 5.41) is 4.99. The van der Waals surface area contributed by atoms with Gasteiger partial charge in [0.05, 0.1) is 13.2 Å². The minimum Gasteiger partial charge on any atom is -0.494 e. The van der Waals surface area contributed by atoms with E-state index >= 15 is 0 Å². The fraction of sp³-hybridized carbons (Fsp3) is 0.524. The molecule has 6 nitrogen and oxygen atoms in total. The van der Waals surface area contributed by atoms with E-state index in [0.29, 0.717) is 23.8 Å². The summed E-state index contributed by atoms with van der Waals surface area (Å²) in [5.41, 5.74) is 1.41. The number of aromatic nitrogens is 1. The highest BCUT2D eigenvalue weighted by Crippen LogP contribution is 2.19. The Morgan fingerprint density at radius 1 is 1.25 bits per heavy atom. The van der Waals surface area contributed by atoms with E-state index in [0.717, 1.165) is 36.2 Å². The van der Waals surface area contributed by atoms with Gasteiger partial charge in [0.15, 0.2) is 5.11 Å². The Hall–Kier alpha value is -2.12. The van der Waals surface area contributed by atoms with Crippen molar-refractivity contribution in [2.24, 2.45) is 0 Å². The standard InChI is InChI=1S/C21H32N4O2S/c1-6-15(3)22-21(28)25(11-10-24(4)5)14-17-12-16-13-18(27-7-2)8-9-19(16)23-20(17)26/h8-9,12-13,15H,6-7,10-11,14H2,1-5H3,(H,22,28)(H,23,26)/t15-/m0/s1. The summed E-state index contributed by atoms with van der Waals surface area (Å²) in [6.07, 6.45) is 0.985. The molecule has 2 rings (SSSR count). The van der Waals surface area contributed by atoms with Gasteiger partial charge in [0.2, 0.25) is 0 Å². The molecule has 1 atom stereocenters. The van der Waals surface area contributed by atoms with E-state index in [1.165, 1.54) is 0 Å². The minimum atomic E-state index is -0.0853. The second kappa shape index (κ2) is 10.4. The first-order chi connectivity index (χ1) is 13.3. The Morgan fingerprint density at radius 2 is 2.00 bits per heavy atom. The van der Waals surface area contributed by atoms with Crippen LogP contribution in [-0.4, -0.2) is 59.7 Å². The quantitative estimate of drug-likeness (QED) is 0.627. The minimum absolute atomic E-state index is 0.0853. The molecule has 2 N–H and O–H groups in total. The highest BCUT2D eigenvalue weighted by molar-refractivity contribution is 7.80. The Bertz CT molecular complexity index is 850. The molecular formula is C21H32N4O2S.